The number of rotatable bonds is 2. The van der Waals surface area contributed by atoms with Gasteiger partial charge in [-0.1, -0.05) is 0 Å². The number of benzene rings is 1. The van der Waals surface area contributed by atoms with Gasteiger partial charge in [0.1, 0.15) is 17.3 Å². The molecule has 0 saturated carbocycles. The molecular formula is C14H14F3N3O5. The lowest BCUT2D eigenvalue weighted by Gasteiger charge is -2.44. The van der Waals surface area contributed by atoms with E-state index in [2.05, 4.69) is 0 Å². The molecule has 2 N–H and O–H groups in total. The molecule has 1 amide bonds. The number of ketones is 1. The topological polar surface area (TPSA) is 116 Å². The summed E-state index contributed by atoms with van der Waals surface area (Å²) in [6.07, 6.45) is -6.40. The third-order valence-electron chi connectivity index (χ3n) is 3.74. The lowest BCUT2D eigenvalue weighted by molar-refractivity contribution is -0.385. The molecule has 1 aliphatic heterocycles. The van der Waals surface area contributed by atoms with E-state index in [1.54, 1.807) is 0 Å². The van der Waals surface area contributed by atoms with E-state index < -0.39 is 45.8 Å². The SMILES string of the molecule is CC(=O)N1c2cc(C(=O)C(F)(F)F)c([N+](=O)[O-])cc2OC(C)(C)C1N. The summed E-state index contributed by atoms with van der Waals surface area (Å²) >= 11 is 0. The number of Topliss-reactive ketones (excluding diaryl/α,β-unsaturated/α-hetero) is 1. The number of halogens is 3. The first-order valence-corrected chi connectivity index (χ1v) is 6.95. The van der Waals surface area contributed by atoms with Crippen LogP contribution in [0.1, 0.15) is 31.1 Å². The van der Waals surface area contributed by atoms with E-state index in [0.29, 0.717) is 12.1 Å². The number of anilines is 1. The molecule has 1 aromatic carbocycles. The smallest absolute Gasteiger partial charge is 0.455 e. The lowest BCUT2D eigenvalue weighted by Crippen LogP contribution is -2.62. The number of nitrogens with zero attached hydrogens (tertiary/aromatic N) is 2. The number of nitro groups is 1. The van der Waals surface area contributed by atoms with Crippen LogP contribution >= 0.6 is 0 Å². The maximum atomic E-state index is 12.8. The lowest BCUT2D eigenvalue weighted by atomic mass is 9.98. The molecule has 136 valence electrons. The minimum Gasteiger partial charge on any atom is -0.482 e. The fourth-order valence-electron chi connectivity index (χ4n) is 2.48. The number of nitro benzene ring substituents is 1. The number of fused-ring (bicyclic) bond motifs is 1. The molecule has 25 heavy (non-hydrogen) atoms. The first kappa shape index (κ1) is 18.6. The van der Waals surface area contributed by atoms with E-state index in [4.69, 9.17) is 10.5 Å². The van der Waals surface area contributed by atoms with Gasteiger partial charge in [-0.2, -0.15) is 13.2 Å². The quantitative estimate of drug-likeness (QED) is 0.490. The number of hydrogen-bond donors (Lipinski definition) is 1. The molecular weight excluding hydrogens is 347 g/mol. The molecule has 1 aliphatic rings. The number of carbonyl (C=O) groups is 2. The molecule has 0 spiro atoms. The van der Waals surface area contributed by atoms with Crippen LogP contribution in [0.5, 0.6) is 5.75 Å². The van der Waals surface area contributed by atoms with Crippen LogP contribution < -0.4 is 15.4 Å². The van der Waals surface area contributed by atoms with Crippen LogP contribution in [0.15, 0.2) is 12.1 Å². The van der Waals surface area contributed by atoms with Gasteiger partial charge in [0, 0.05) is 6.92 Å². The highest BCUT2D eigenvalue weighted by Crippen LogP contribution is 2.44. The Labute approximate surface area is 139 Å². The van der Waals surface area contributed by atoms with Crippen molar-refractivity contribution < 1.29 is 32.4 Å². The molecule has 0 fully saturated rings. The van der Waals surface area contributed by atoms with Crippen LogP contribution in [0.4, 0.5) is 24.5 Å². The van der Waals surface area contributed by atoms with Crippen LogP contribution in [0.2, 0.25) is 0 Å². The predicted molar refractivity (Wildman–Crippen MR) is 79.3 cm³/mol. The van der Waals surface area contributed by atoms with Crippen molar-refractivity contribution in [1.29, 1.82) is 0 Å². The summed E-state index contributed by atoms with van der Waals surface area (Å²) in [5, 5.41) is 11.1. The summed E-state index contributed by atoms with van der Waals surface area (Å²) in [6, 6.07) is 1.30. The first-order valence-electron chi connectivity index (χ1n) is 6.95. The van der Waals surface area contributed by atoms with Crippen LogP contribution in [-0.4, -0.2) is 34.6 Å². The van der Waals surface area contributed by atoms with Crippen molar-refractivity contribution in [3.8, 4) is 5.75 Å². The average molecular weight is 361 g/mol. The number of amides is 1. The number of ether oxygens (including phenoxy) is 1. The Bertz CT molecular complexity index is 776. The molecule has 1 atom stereocenters. The van der Waals surface area contributed by atoms with E-state index in [1.165, 1.54) is 13.8 Å². The van der Waals surface area contributed by atoms with Crippen molar-refractivity contribution in [2.75, 3.05) is 4.90 Å². The Balaban J connectivity index is 2.78. The standard InChI is InChI=1S/C14H14F3N3O5/c1-6(21)19-9-4-7(11(22)14(15,16)17)8(20(23)24)5-10(9)25-13(2,3)12(19)18/h4-5,12H,18H2,1-3H3. The molecule has 0 aromatic heterocycles. The largest absolute Gasteiger partial charge is 0.482 e. The van der Waals surface area contributed by atoms with Crippen LogP contribution in [-0.2, 0) is 4.79 Å². The van der Waals surface area contributed by atoms with Crippen molar-refractivity contribution in [2.24, 2.45) is 5.73 Å². The van der Waals surface area contributed by atoms with Crippen molar-refractivity contribution in [3.63, 3.8) is 0 Å². The van der Waals surface area contributed by atoms with Gasteiger partial charge in [-0.3, -0.25) is 24.6 Å². The summed E-state index contributed by atoms with van der Waals surface area (Å²) < 4.78 is 43.8. The minimum atomic E-state index is -5.32. The van der Waals surface area contributed by atoms with Gasteiger partial charge in [0.25, 0.3) is 11.5 Å². The molecule has 0 bridgehead atoms. The number of carbonyl (C=O) groups excluding carboxylic acids is 2. The molecule has 0 aliphatic carbocycles. The van der Waals surface area contributed by atoms with E-state index >= 15 is 0 Å². The second kappa shape index (κ2) is 5.69. The summed E-state index contributed by atoms with van der Waals surface area (Å²) in [4.78, 5) is 34.4. The summed E-state index contributed by atoms with van der Waals surface area (Å²) in [7, 11) is 0. The van der Waals surface area contributed by atoms with Crippen LogP contribution in [0, 0.1) is 10.1 Å². The zero-order valence-corrected chi connectivity index (χ0v) is 13.4. The zero-order valence-electron chi connectivity index (χ0n) is 13.4. The Kier molecular flexibility index (Phi) is 4.24. The second-order valence-electron chi connectivity index (χ2n) is 5.96. The van der Waals surface area contributed by atoms with Crippen molar-refractivity contribution in [1.82, 2.24) is 0 Å². The fourth-order valence-corrected chi connectivity index (χ4v) is 2.48. The van der Waals surface area contributed by atoms with Gasteiger partial charge in [-0.15, -0.1) is 0 Å². The van der Waals surface area contributed by atoms with Crippen LogP contribution in [0.3, 0.4) is 0 Å². The third kappa shape index (κ3) is 3.14. The number of nitrogens with two attached hydrogens (primary N) is 1. The van der Waals surface area contributed by atoms with Gasteiger partial charge >= 0.3 is 6.18 Å². The van der Waals surface area contributed by atoms with Gasteiger partial charge in [0.2, 0.25) is 5.91 Å². The van der Waals surface area contributed by atoms with E-state index in [9.17, 15) is 32.9 Å². The second-order valence-corrected chi connectivity index (χ2v) is 5.96. The highest BCUT2D eigenvalue weighted by Gasteiger charge is 2.47. The monoisotopic (exact) mass is 361 g/mol. The van der Waals surface area contributed by atoms with Gasteiger partial charge in [0.15, 0.2) is 5.75 Å². The Hall–Kier alpha value is -2.69. The van der Waals surface area contributed by atoms with Gasteiger partial charge in [-0.25, -0.2) is 0 Å². The fraction of sp³-hybridized carbons (Fsp3) is 0.429. The third-order valence-corrected chi connectivity index (χ3v) is 3.74. The molecule has 0 radical (unpaired) electrons. The summed E-state index contributed by atoms with van der Waals surface area (Å²) in [5.41, 5.74) is 2.25. The minimum absolute atomic E-state index is 0.215. The van der Waals surface area contributed by atoms with Gasteiger partial charge in [-0.05, 0) is 19.9 Å². The molecule has 11 heteroatoms. The molecule has 8 nitrogen and oxygen atoms in total. The highest BCUT2D eigenvalue weighted by atomic mass is 19.4. The molecule has 1 aromatic rings. The van der Waals surface area contributed by atoms with E-state index in [0.717, 1.165) is 11.8 Å². The summed E-state index contributed by atoms with van der Waals surface area (Å²) in [6.45, 7) is 4.14. The molecule has 2 rings (SSSR count). The predicted octanol–water partition coefficient (Wildman–Crippen LogP) is 2.15. The van der Waals surface area contributed by atoms with Crippen molar-refractivity contribution in [3.05, 3.63) is 27.8 Å². The average Bonchev–Trinajstić information content (AvgIpc) is 2.44. The van der Waals surface area contributed by atoms with E-state index in [-0.39, 0.29) is 11.4 Å². The molecule has 1 unspecified atom stereocenters. The molecule has 0 saturated heterocycles. The van der Waals surface area contributed by atoms with Gasteiger partial charge in [0.05, 0.1) is 16.7 Å². The Morgan fingerprint density at radius 3 is 2.36 bits per heavy atom. The normalized spacial score (nSPS) is 19.0. The Morgan fingerprint density at radius 1 is 1.36 bits per heavy atom. The maximum absolute atomic E-state index is 12.8. The first-order chi connectivity index (χ1) is 11.3. The van der Waals surface area contributed by atoms with Crippen LogP contribution in [0.25, 0.3) is 0 Å². The van der Waals surface area contributed by atoms with E-state index in [1.807, 2.05) is 0 Å². The molecule has 1 heterocycles. The maximum Gasteiger partial charge on any atom is 0.455 e. The van der Waals surface area contributed by atoms with Gasteiger partial charge < -0.3 is 10.5 Å². The summed E-state index contributed by atoms with van der Waals surface area (Å²) in [5.74, 6) is -3.24. The highest BCUT2D eigenvalue weighted by molar-refractivity contribution is 6.06. The number of alkyl halides is 3. The Morgan fingerprint density at radius 2 is 1.92 bits per heavy atom. The zero-order chi connectivity index (χ0) is 19.3. The number of hydrogen-bond acceptors (Lipinski definition) is 6. The van der Waals surface area contributed by atoms with Crippen molar-refractivity contribution >= 4 is 23.1 Å². The van der Waals surface area contributed by atoms with Crippen molar-refractivity contribution in [2.45, 2.75) is 38.7 Å².